The molecule has 2 rings (SSSR count). The predicted octanol–water partition coefficient (Wildman–Crippen LogP) is 4.68. The molecule has 0 saturated heterocycles. The lowest BCUT2D eigenvalue weighted by Gasteiger charge is -2.08. The molecule has 0 fully saturated rings. The quantitative estimate of drug-likeness (QED) is 0.647. The van der Waals surface area contributed by atoms with Gasteiger partial charge in [0.1, 0.15) is 18.1 Å². The van der Waals surface area contributed by atoms with Crippen LogP contribution in [0.5, 0.6) is 11.5 Å². The Morgan fingerprint density at radius 3 is 1.70 bits per heavy atom. The molecule has 0 aliphatic rings. The molecule has 1 N–H and O–H groups in total. The summed E-state index contributed by atoms with van der Waals surface area (Å²) in [5.41, 5.74) is 2.29. The van der Waals surface area contributed by atoms with Gasteiger partial charge in [-0.1, -0.05) is 50.5 Å². The molecule has 124 valence electrons. The monoisotopic (exact) mass is 314 g/mol. The summed E-state index contributed by atoms with van der Waals surface area (Å²) in [6.45, 7) is 3.35. The minimum Gasteiger partial charge on any atom is -0.494 e. The Morgan fingerprint density at radius 2 is 1.22 bits per heavy atom. The van der Waals surface area contributed by atoms with E-state index >= 15 is 0 Å². The molecule has 0 amide bonds. The second kappa shape index (κ2) is 9.90. The summed E-state index contributed by atoms with van der Waals surface area (Å²) in [6, 6.07) is 16.1. The van der Waals surface area contributed by atoms with Crippen molar-refractivity contribution in [1.82, 2.24) is 0 Å². The molecule has 0 saturated carbocycles. The van der Waals surface area contributed by atoms with Gasteiger partial charge in [0.15, 0.2) is 0 Å². The van der Waals surface area contributed by atoms with Crippen LogP contribution in [0.2, 0.25) is 0 Å². The summed E-state index contributed by atoms with van der Waals surface area (Å²) in [5.74, 6) is 1.70. The van der Waals surface area contributed by atoms with Crippen LogP contribution in [-0.2, 0) is 0 Å². The summed E-state index contributed by atoms with van der Waals surface area (Å²) in [7, 11) is 0. The number of rotatable bonds is 10. The molecule has 0 spiro atoms. The third kappa shape index (κ3) is 5.95. The van der Waals surface area contributed by atoms with E-state index in [0.717, 1.165) is 35.7 Å². The zero-order valence-corrected chi connectivity index (χ0v) is 13.8. The van der Waals surface area contributed by atoms with E-state index in [2.05, 4.69) is 19.1 Å². The normalized spacial score (nSPS) is 10.5. The Hall–Kier alpha value is -2.00. The van der Waals surface area contributed by atoms with Gasteiger partial charge in [-0.15, -0.1) is 0 Å². The molecule has 3 heteroatoms. The molecule has 0 aliphatic carbocycles. The van der Waals surface area contributed by atoms with Gasteiger partial charge < -0.3 is 14.6 Å². The summed E-state index contributed by atoms with van der Waals surface area (Å²) in [6.07, 6.45) is 4.88. The second-order valence-corrected chi connectivity index (χ2v) is 5.53. The molecule has 2 aromatic carbocycles. The van der Waals surface area contributed by atoms with E-state index in [1.54, 1.807) is 0 Å². The highest BCUT2D eigenvalue weighted by atomic mass is 16.5. The van der Waals surface area contributed by atoms with Crippen LogP contribution in [0.15, 0.2) is 48.5 Å². The van der Waals surface area contributed by atoms with Crippen molar-refractivity contribution in [1.29, 1.82) is 0 Å². The van der Waals surface area contributed by atoms with E-state index in [4.69, 9.17) is 14.6 Å². The van der Waals surface area contributed by atoms with Crippen LogP contribution in [-0.4, -0.2) is 24.9 Å². The van der Waals surface area contributed by atoms with Gasteiger partial charge >= 0.3 is 0 Å². The summed E-state index contributed by atoms with van der Waals surface area (Å²) in [5, 5.41) is 8.75. The van der Waals surface area contributed by atoms with Crippen molar-refractivity contribution in [3.63, 3.8) is 0 Å². The van der Waals surface area contributed by atoms with E-state index in [-0.39, 0.29) is 6.61 Å². The molecule has 0 heterocycles. The SMILES string of the molecule is CCCCCCOc1ccc(-c2ccc(OCCO)cc2)cc1. The average Bonchev–Trinajstić information content (AvgIpc) is 2.61. The maximum absolute atomic E-state index is 8.75. The Labute approximate surface area is 138 Å². The first-order chi connectivity index (χ1) is 11.3. The number of aliphatic hydroxyl groups excluding tert-OH is 1. The average molecular weight is 314 g/mol. The van der Waals surface area contributed by atoms with Gasteiger partial charge in [0.2, 0.25) is 0 Å². The Morgan fingerprint density at radius 1 is 0.696 bits per heavy atom. The molecule has 0 aromatic heterocycles. The Balaban J connectivity index is 1.86. The van der Waals surface area contributed by atoms with Gasteiger partial charge in [0.25, 0.3) is 0 Å². The third-order valence-corrected chi connectivity index (χ3v) is 3.67. The van der Waals surface area contributed by atoms with Gasteiger partial charge in [-0.2, -0.15) is 0 Å². The van der Waals surface area contributed by atoms with E-state index < -0.39 is 0 Å². The highest BCUT2D eigenvalue weighted by Crippen LogP contribution is 2.24. The zero-order valence-electron chi connectivity index (χ0n) is 13.8. The summed E-state index contributed by atoms with van der Waals surface area (Å²) >= 11 is 0. The predicted molar refractivity (Wildman–Crippen MR) is 94.1 cm³/mol. The number of benzene rings is 2. The standard InChI is InChI=1S/C20H26O3/c1-2-3-4-5-15-22-19-10-6-17(7-11-19)18-8-12-20(13-9-18)23-16-14-21/h6-13,21H,2-5,14-16H2,1H3. The first-order valence-electron chi connectivity index (χ1n) is 8.40. The van der Waals surface area contributed by atoms with Crippen LogP contribution in [0.3, 0.4) is 0 Å². The minimum absolute atomic E-state index is 0.0294. The summed E-state index contributed by atoms with van der Waals surface area (Å²) in [4.78, 5) is 0. The van der Waals surface area contributed by atoms with Crippen molar-refractivity contribution in [2.24, 2.45) is 0 Å². The van der Waals surface area contributed by atoms with Crippen molar-refractivity contribution >= 4 is 0 Å². The largest absolute Gasteiger partial charge is 0.494 e. The van der Waals surface area contributed by atoms with Gasteiger partial charge in [-0.05, 0) is 41.8 Å². The first kappa shape index (κ1) is 17.4. The molecule has 0 atom stereocenters. The lowest BCUT2D eigenvalue weighted by atomic mass is 10.1. The fraction of sp³-hybridized carbons (Fsp3) is 0.400. The number of unbranched alkanes of at least 4 members (excludes halogenated alkanes) is 3. The number of hydrogen-bond donors (Lipinski definition) is 1. The molecule has 0 bridgehead atoms. The second-order valence-electron chi connectivity index (χ2n) is 5.53. The lowest BCUT2D eigenvalue weighted by Crippen LogP contribution is -2.01. The van der Waals surface area contributed by atoms with E-state index in [1.165, 1.54) is 19.3 Å². The Bertz CT molecular complexity index is 546. The van der Waals surface area contributed by atoms with Gasteiger partial charge in [-0.25, -0.2) is 0 Å². The van der Waals surface area contributed by atoms with E-state index in [0.29, 0.717) is 6.61 Å². The number of hydrogen-bond acceptors (Lipinski definition) is 3. The molecule has 0 radical (unpaired) electrons. The molecule has 0 aliphatic heterocycles. The van der Waals surface area contributed by atoms with Crippen LogP contribution in [0.25, 0.3) is 11.1 Å². The fourth-order valence-corrected chi connectivity index (χ4v) is 2.37. The minimum atomic E-state index is 0.0294. The maximum atomic E-state index is 8.75. The number of ether oxygens (including phenoxy) is 2. The van der Waals surface area contributed by atoms with Crippen LogP contribution >= 0.6 is 0 Å². The van der Waals surface area contributed by atoms with Crippen LogP contribution in [0, 0.1) is 0 Å². The third-order valence-electron chi connectivity index (χ3n) is 3.67. The highest BCUT2D eigenvalue weighted by Gasteiger charge is 2.00. The smallest absolute Gasteiger partial charge is 0.119 e. The van der Waals surface area contributed by atoms with Crippen LogP contribution in [0.4, 0.5) is 0 Å². The lowest BCUT2D eigenvalue weighted by molar-refractivity contribution is 0.201. The molecule has 2 aromatic rings. The van der Waals surface area contributed by atoms with Crippen molar-refractivity contribution in [3.8, 4) is 22.6 Å². The molecule has 3 nitrogen and oxygen atoms in total. The maximum Gasteiger partial charge on any atom is 0.119 e. The molecular weight excluding hydrogens is 288 g/mol. The van der Waals surface area contributed by atoms with Gasteiger partial charge in [-0.3, -0.25) is 0 Å². The number of aliphatic hydroxyl groups is 1. The van der Waals surface area contributed by atoms with Crippen LogP contribution in [0.1, 0.15) is 32.6 Å². The van der Waals surface area contributed by atoms with Gasteiger partial charge in [0.05, 0.1) is 13.2 Å². The van der Waals surface area contributed by atoms with Crippen molar-refractivity contribution in [3.05, 3.63) is 48.5 Å². The van der Waals surface area contributed by atoms with Crippen molar-refractivity contribution in [2.45, 2.75) is 32.6 Å². The van der Waals surface area contributed by atoms with Crippen molar-refractivity contribution in [2.75, 3.05) is 19.8 Å². The van der Waals surface area contributed by atoms with E-state index in [1.807, 2.05) is 36.4 Å². The topological polar surface area (TPSA) is 38.7 Å². The molecule has 23 heavy (non-hydrogen) atoms. The Kier molecular flexibility index (Phi) is 7.47. The first-order valence-corrected chi connectivity index (χ1v) is 8.40. The fourth-order valence-electron chi connectivity index (χ4n) is 2.37. The summed E-state index contributed by atoms with van der Waals surface area (Å²) < 4.78 is 11.1. The highest BCUT2D eigenvalue weighted by molar-refractivity contribution is 5.64. The van der Waals surface area contributed by atoms with Crippen LogP contribution < -0.4 is 9.47 Å². The molecular formula is C20H26O3. The molecule has 0 unspecified atom stereocenters. The van der Waals surface area contributed by atoms with Crippen molar-refractivity contribution < 1.29 is 14.6 Å². The zero-order chi connectivity index (χ0) is 16.3. The van der Waals surface area contributed by atoms with Gasteiger partial charge in [0, 0.05) is 0 Å². The van der Waals surface area contributed by atoms with E-state index in [9.17, 15) is 0 Å².